The van der Waals surface area contributed by atoms with E-state index < -0.39 is 0 Å². The van der Waals surface area contributed by atoms with Crippen LogP contribution < -0.4 is 11.1 Å². The van der Waals surface area contributed by atoms with Crippen LogP contribution in [0.4, 0.5) is 11.6 Å². The Morgan fingerprint density at radius 1 is 1.53 bits per heavy atom. The molecule has 6 nitrogen and oxygen atoms in total. The van der Waals surface area contributed by atoms with Crippen molar-refractivity contribution in [3.63, 3.8) is 0 Å². The summed E-state index contributed by atoms with van der Waals surface area (Å²) in [6.07, 6.45) is 7.10. The molecule has 0 atom stereocenters. The van der Waals surface area contributed by atoms with Crippen molar-refractivity contribution in [3.8, 4) is 0 Å². The fraction of sp³-hybridized carbons (Fsp3) is 0.333. The molecule has 2 rings (SSSR count). The Morgan fingerprint density at radius 2 is 2.40 bits per heavy atom. The molecule has 15 heavy (non-hydrogen) atoms. The van der Waals surface area contributed by atoms with Crippen LogP contribution in [0.3, 0.4) is 0 Å². The van der Waals surface area contributed by atoms with Crippen molar-refractivity contribution in [1.82, 2.24) is 19.3 Å². The van der Waals surface area contributed by atoms with Crippen LogP contribution in [-0.4, -0.2) is 25.9 Å². The maximum absolute atomic E-state index is 5.55. The number of anilines is 2. The van der Waals surface area contributed by atoms with Crippen LogP contribution >= 0.6 is 0 Å². The molecule has 0 saturated carbocycles. The number of nitrogens with zero attached hydrogens (tertiary/aromatic N) is 4. The minimum atomic E-state index is 0.687. The van der Waals surface area contributed by atoms with E-state index in [0.717, 1.165) is 19.0 Å². The molecule has 0 bridgehead atoms. The molecule has 0 aromatic carbocycles. The summed E-state index contributed by atoms with van der Waals surface area (Å²) in [5, 5.41) is 7.28. The maximum atomic E-state index is 5.55. The average Bonchev–Trinajstić information content (AvgIpc) is 2.77. The number of aryl methyl sites for hydroxylation is 1. The molecule has 0 unspecified atom stereocenters. The molecule has 80 valence electrons. The van der Waals surface area contributed by atoms with Crippen LogP contribution in [0, 0.1) is 0 Å². The second kappa shape index (κ2) is 4.04. The van der Waals surface area contributed by atoms with Crippen LogP contribution in [0.15, 0.2) is 24.8 Å². The summed E-state index contributed by atoms with van der Waals surface area (Å²) in [5.74, 6) is 0.857. The zero-order valence-electron chi connectivity index (χ0n) is 8.59. The van der Waals surface area contributed by atoms with Crippen LogP contribution in [0.5, 0.6) is 0 Å². The highest BCUT2D eigenvalue weighted by Crippen LogP contribution is 2.01. The molecule has 0 radical (unpaired) electrons. The first-order valence-electron chi connectivity index (χ1n) is 4.75. The average molecular weight is 206 g/mol. The van der Waals surface area contributed by atoms with E-state index in [2.05, 4.69) is 15.4 Å². The minimum Gasteiger partial charge on any atom is -0.396 e. The van der Waals surface area contributed by atoms with Gasteiger partial charge in [0.15, 0.2) is 0 Å². The van der Waals surface area contributed by atoms with Gasteiger partial charge in [0.25, 0.3) is 0 Å². The predicted octanol–water partition coefficient (Wildman–Crippen LogP) is 0.311. The Hall–Kier alpha value is -1.98. The molecule has 0 fully saturated rings. The smallest absolute Gasteiger partial charge is 0.202 e. The van der Waals surface area contributed by atoms with Crippen molar-refractivity contribution in [2.45, 2.75) is 6.54 Å². The molecule has 0 amide bonds. The normalized spacial score (nSPS) is 10.5. The fourth-order valence-corrected chi connectivity index (χ4v) is 1.32. The van der Waals surface area contributed by atoms with Gasteiger partial charge in [-0.25, -0.2) is 4.98 Å². The predicted molar refractivity (Wildman–Crippen MR) is 58.3 cm³/mol. The first kappa shape index (κ1) is 9.57. The van der Waals surface area contributed by atoms with E-state index in [1.165, 1.54) is 0 Å². The first-order valence-corrected chi connectivity index (χ1v) is 4.75. The summed E-state index contributed by atoms with van der Waals surface area (Å²) >= 11 is 0. The SMILES string of the molecule is Cn1ccnc1NCCn1cc(N)cn1. The molecule has 0 saturated heterocycles. The molecule has 3 N–H and O–H groups in total. The Labute approximate surface area is 87.7 Å². The molecule has 0 aliphatic carbocycles. The van der Waals surface area contributed by atoms with E-state index in [-0.39, 0.29) is 0 Å². The summed E-state index contributed by atoms with van der Waals surface area (Å²) in [6.45, 7) is 1.54. The van der Waals surface area contributed by atoms with E-state index >= 15 is 0 Å². The quantitative estimate of drug-likeness (QED) is 0.755. The lowest BCUT2D eigenvalue weighted by molar-refractivity contribution is 0.635. The monoisotopic (exact) mass is 206 g/mol. The van der Waals surface area contributed by atoms with Crippen molar-refractivity contribution >= 4 is 11.6 Å². The zero-order chi connectivity index (χ0) is 10.7. The second-order valence-corrected chi connectivity index (χ2v) is 3.33. The third-order valence-corrected chi connectivity index (χ3v) is 2.10. The van der Waals surface area contributed by atoms with Crippen LogP contribution in [0.25, 0.3) is 0 Å². The summed E-state index contributed by atoms with van der Waals surface area (Å²) < 4.78 is 3.72. The van der Waals surface area contributed by atoms with Gasteiger partial charge in [-0.3, -0.25) is 4.68 Å². The van der Waals surface area contributed by atoms with Gasteiger partial charge in [0.1, 0.15) is 0 Å². The number of aromatic nitrogens is 4. The molecule has 2 aromatic heterocycles. The van der Waals surface area contributed by atoms with Gasteiger partial charge in [-0.15, -0.1) is 0 Å². The third-order valence-electron chi connectivity index (χ3n) is 2.10. The number of hydrogen-bond acceptors (Lipinski definition) is 4. The molecule has 2 aromatic rings. The molecule has 2 heterocycles. The third kappa shape index (κ3) is 2.28. The lowest BCUT2D eigenvalue weighted by Crippen LogP contribution is -2.13. The van der Waals surface area contributed by atoms with E-state index in [4.69, 9.17) is 5.73 Å². The van der Waals surface area contributed by atoms with Gasteiger partial charge in [-0.1, -0.05) is 0 Å². The lowest BCUT2D eigenvalue weighted by Gasteiger charge is -2.05. The van der Waals surface area contributed by atoms with Gasteiger partial charge in [-0.05, 0) is 0 Å². The molecular weight excluding hydrogens is 192 g/mol. The highest BCUT2D eigenvalue weighted by molar-refractivity contribution is 5.30. The Kier molecular flexibility index (Phi) is 2.57. The van der Waals surface area contributed by atoms with Crippen molar-refractivity contribution in [3.05, 3.63) is 24.8 Å². The van der Waals surface area contributed by atoms with Gasteiger partial charge in [0.2, 0.25) is 5.95 Å². The summed E-state index contributed by atoms with van der Waals surface area (Å²) in [5.41, 5.74) is 6.24. The zero-order valence-corrected chi connectivity index (χ0v) is 8.59. The Balaban J connectivity index is 1.83. The van der Waals surface area contributed by atoms with Gasteiger partial charge in [0, 0.05) is 32.2 Å². The fourth-order valence-electron chi connectivity index (χ4n) is 1.32. The van der Waals surface area contributed by atoms with Crippen LogP contribution in [0.2, 0.25) is 0 Å². The van der Waals surface area contributed by atoms with Crippen LogP contribution in [-0.2, 0) is 13.6 Å². The number of nitrogen functional groups attached to an aromatic ring is 1. The minimum absolute atomic E-state index is 0.687. The van der Waals surface area contributed by atoms with Crippen molar-refractivity contribution in [2.75, 3.05) is 17.6 Å². The number of nitrogens with two attached hydrogens (primary N) is 1. The molecular formula is C9H14N6. The summed E-state index contributed by atoms with van der Waals surface area (Å²) in [4.78, 5) is 4.15. The van der Waals surface area contributed by atoms with Gasteiger partial charge >= 0.3 is 0 Å². The number of rotatable bonds is 4. The highest BCUT2D eigenvalue weighted by Gasteiger charge is 1.98. The second-order valence-electron chi connectivity index (χ2n) is 3.33. The summed E-state index contributed by atoms with van der Waals surface area (Å²) in [6, 6.07) is 0. The largest absolute Gasteiger partial charge is 0.396 e. The van der Waals surface area contributed by atoms with Crippen molar-refractivity contribution in [1.29, 1.82) is 0 Å². The van der Waals surface area contributed by atoms with Gasteiger partial charge in [0.05, 0.1) is 18.4 Å². The molecule has 0 aliphatic rings. The van der Waals surface area contributed by atoms with E-state index in [0.29, 0.717) is 5.69 Å². The summed E-state index contributed by atoms with van der Waals surface area (Å²) in [7, 11) is 1.95. The van der Waals surface area contributed by atoms with Crippen molar-refractivity contribution in [2.24, 2.45) is 7.05 Å². The first-order chi connectivity index (χ1) is 7.25. The van der Waals surface area contributed by atoms with E-state index in [1.807, 2.05) is 17.8 Å². The van der Waals surface area contributed by atoms with E-state index in [1.54, 1.807) is 23.3 Å². The molecule has 0 aliphatic heterocycles. The molecule has 6 heteroatoms. The standard InChI is InChI=1S/C9H14N6/c1-14-4-2-11-9(14)12-3-5-15-7-8(10)6-13-15/h2,4,6-7H,3,5,10H2,1H3,(H,11,12). The maximum Gasteiger partial charge on any atom is 0.202 e. The number of imidazole rings is 1. The van der Waals surface area contributed by atoms with Crippen molar-refractivity contribution < 1.29 is 0 Å². The highest BCUT2D eigenvalue weighted by atomic mass is 15.3. The lowest BCUT2D eigenvalue weighted by atomic mass is 10.6. The number of hydrogen-bond donors (Lipinski definition) is 2. The number of nitrogens with one attached hydrogen (secondary N) is 1. The van der Waals surface area contributed by atoms with Gasteiger partial charge in [-0.2, -0.15) is 5.10 Å². The Morgan fingerprint density at radius 3 is 3.00 bits per heavy atom. The topological polar surface area (TPSA) is 73.7 Å². The Bertz CT molecular complexity index is 429. The van der Waals surface area contributed by atoms with E-state index in [9.17, 15) is 0 Å². The molecule has 0 spiro atoms. The van der Waals surface area contributed by atoms with Gasteiger partial charge < -0.3 is 15.6 Å². The van der Waals surface area contributed by atoms with Crippen LogP contribution in [0.1, 0.15) is 0 Å².